The average molecular weight is 513 g/mol. The minimum absolute atomic E-state index is 0.193. The monoisotopic (exact) mass is 511 g/mol. The molecule has 2 aromatic heterocycles. The van der Waals surface area contributed by atoms with E-state index in [-0.39, 0.29) is 11.5 Å². The van der Waals surface area contributed by atoms with Gasteiger partial charge in [-0.25, -0.2) is 4.90 Å². The van der Waals surface area contributed by atoms with E-state index in [4.69, 9.17) is 4.42 Å². The van der Waals surface area contributed by atoms with Crippen molar-refractivity contribution in [1.29, 1.82) is 0 Å². The number of anilines is 1. The third-order valence-electron chi connectivity index (χ3n) is 4.19. The Morgan fingerprint density at radius 2 is 2.11 bits per heavy atom. The van der Waals surface area contributed by atoms with Gasteiger partial charge in [-0.05, 0) is 57.2 Å². The highest BCUT2D eigenvalue weighted by atomic mass is 79.9. The van der Waals surface area contributed by atoms with Gasteiger partial charge in [-0.15, -0.1) is 0 Å². The van der Waals surface area contributed by atoms with Crippen LogP contribution in [0.3, 0.4) is 0 Å². The molecule has 138 valence electrons. The molecule has 10 heteroatoms. The van der Waals surface area contributed by atoms with Crippen LogP contribution in [0.15, 0.2) is 53.8 Å². The Morgan fingerprint density at radius 3 is 2.74 bits per heavy atom. The number of fused-ring (bicyclic) bond motifs is 3. The Kier molecular flexibility index (Phi) is 4.73. The Balaban J connectivity index is 2.11. The van der Waals surface area contributed by atoms with Crippen molar-refractivity contribution in [1.82, 2.24) is 10.1 Å². The first kappa shape index (κ1) is 18.5. The summed E-state index contributed by atoms with van der Waals surface area (Å²) in [5.74, 6) is 0.295. The molecule has 27 heavy (non-hydrogen) atoms. The van der Waals surface area contributed by atoms with E-state index < -0.39 is 6.17 Å². The molecule has 3 aromatic rings. The molecule has 0 spiro atoms. The molecule has 3 heterocycles. The molecule has 0 saturated heterocycles. The number of carbonyl (C=O) groups excluding carboxylic acids is 1. The fourth-order valence-corrected chi connectivity index (χ4v) is 4.20. The first-order valence-corrected chi connectivity index (χ1v) is 10.7. The molecule has 0 radical (unpaired) electrons. The fraction of sp³-hybridized carbons (Fsp3) is 0.176. The van der Waals surface area contributed by atoms with Crippen LogP contribution in [0.2, 0.25) is 0 Å². The van der Waals surface area contributed by atoms with Crippen LogP contribution in [0.25, 0.3) is 11.3 Å². The molecule has 4 rings (SSSR count). The van der Waals surface area contributed by atoms with E-state index in [1.807, 2.05) is 12.3 Å². The average Bonchev–Trinajstić information content (AvgIpc) is 3.05. The number of amides is 1. The van der Waals surface area contributed by atoms with Crippen LogP contribution in [0.1, 0.15) is 18.8 Å². The molecule has 1 aliphatic heterocycles. The number of H-pyrrole nitrogens is 1. The summed E-state index contributed by atoms with van der Waals surface area (Å²) in [5, 5.41) is 5.01. The van der Waals surface area contributed by atoms with E-state index in [9.17, 15) is 9.59 Å². The van der Waals surface area contributed by atoms with E-state index in [1.165, 1.54) is 18.7 Å². The smallest absolute Gasteiger partial charge is 0.325 e. The van der Waals surface area contributed by atoms with Gasteiger partial charge in [0.1, 0.15) is 0 Å². The van der Waals surface area contributed by atoms with E-state index in [0.717, 1.165) is 4.47 Å². The van der Waals surface area contributed by atoms with Crippen LogP contribution < -0.4 is 15.1 Å². The molecule has 1 aliphatic rings. The summed E-state index contributed by atoms with van der Waals surface area (Å²) in [5.41, 5.74) is 1.31. The Labute approximate surface area is 175 Å². The number of aromatic nitrogens is 3. The number of rotatable bonds is 2. The number of thioether (sulfide) groups is 1. The van der Waals surface area contributed by atoms with Crippen LogP contribution in [-0.4, -0.2) is 22.2 Å². The quantitative estimate of drug-likeness (QED) is 0.420. The van der Waals surface area contributed by atoms with Crippen molar-refractivity contribution in [3.63, 3.8) is 0 Å². The molecular formula is C17H13Br2N4O3S+. The lowest BCUT2D eigenvalue weighted by Crippen LogP contribution is -2.60. The summed E-state index contributed by atoms with van der Waals surface area (Å²) >= 11 is 8.05. The zero-order valence-corrected chi connectivity index (χ0v) is 18.2. The van der Waals surface area contributed by atoms with Gasteiger partial charge in [-0.1, -0.05) is 27.7 Å². The number of nitrogens with one attached hydrogen (secondary N) is 1. The van der Waals surface area contributed by atoms with Gasteiger partial charge in [-0.2, -0.15) is 0 Å². The number of carbonyl (C=O) groups is 1. The van der Waals surface area contributed by atoms with Crippen molar-refractivity contribution in [3.8, 4) is 11.3 Å². The zero-order chi connectivity index (χ0) is 19.3. The summed E-state index contributed by atoms with van der Waals surface area (Å²) in [6.45, 7) is 1.48. The van der Waals surface area contributed by atoms with Gasteiger partial charge in [0.25, 0.3) is 0 Å². The minimum atomic E-state index is -0.717. The van der Waals surface area contributed by atoms with Crippen LogP contribution in [-0.2, 0) is 4.79 Å². The molecule has 0 fully saturated rings. The lowest BCUT2D eigenvalue weighted by Gasteiger charge is -2.30. The maximum Gasteiger partial charge on any atom is 0.325 e. The van der Waals surface area contributed by atoms with Gasteiger partial charge >= 0.3 is 17.4 Å². The van der Waals surface area contributed by atoms with Crippen molar-refractivity contribution < 1.29 is 13.9 Å². The first-order chi connectivity index (χ1) is 12.9. The second-order valence-corrected chi connectivity index (χ2v) is 8.31. The molecule has 0 aliphatic carbocycles. The third-order valence-corrected chi connectivity index (χ3v) is 5.68. The second-order valence-electron chi connectivity index (χ2n) is 5.82. The molecule has 1 atom stereocenters. The normalized spacial score (nSPS) is 15.4. The number of nitrogens with zero attached hydrogens (tertiary/aromatic N) is 3. The molecule has 0 bridgehead atoms. The maximum absolute atomic E-state index is 12.9. The number of benzene rings is 1. The molecule has 1 unspecified atom stereocenters. The molecule has 1 amide bonds. The van der Waals surface area contributed by atoms with E-state index in [0.29, 0.717) is 32.5 Å². The van der Waals surface area contributed by atoms with Gasteiger partial charge in [-0.3, -0.25) is 14.6 Å². The highest BCUT2D eigenvalue weighted by Crippen LogP contribution is 2.39. The van der Waals surface area contributed by atoms with Gasteiger partial charge in [0, 0.05) is 16.5 Å². The van der Waals surface area contributed by atoms with Crippen LogP contribution >= 0.6 is 43.6 Å². The highest BCUT2D eigenvalue weighted by Gasteiger charge is 2.46. The lowest BCUT2D eigenvalue weighted by atomic mass is 10.0. The van der Waals surface area contributed by atoms with Gasteiger partial charge in [0.2, 0.25) is 11.1 Å². The van der Waals surface area contributed by atoms with Gasteiger partial charge in [0.15, 0.2) is 10.4 Å². The molecule has 0 saturated carbocycles. The second kappa shape index (κ2) is 6.92. The minimum Gasteiger partial charge on any atom is -0.445 e. The summed E-state index contributed by atoms with van der Waals surface area (Å²) in [7, 11) is 0. The summed E-state index contributed by atoms with van der Waals surface area (Å²) in [6.07, 6.45) is 1.10. The summed E-state index contributed by atoms with van der Waals surface area (Å²) in [6, 6.07) is 8.94. The Morgan fingerprint density at radius 1 is 1.33 bits per heavy atom. The molecular weight excluding hydrogens is 500 g/mol. The predicted molar refractivity (Wildman–Crippen MR) is 108 cm³/mol. The van der Waals surface area contributed by atoms with Crippen molar-refractivity contribution in [3.05, 3.63) is 55.6 Å². The molecule has 1 N–H and O–H groups in total. The number of furan rings is 1. The third kappa shape index (κ3) is 3.05. The Bertz CT molecular complexity index is 1130. The SMILES string of the molecule is CSc1n[n+]2c(c(=O)[nH]1)-c1cc(Br)ccc1N(C(C)=O)C2c1ccc(Br)o1. The molecule has 1 aromatic carbocycles. The first-order valence-electron chi connectivity index (χ1n) is 7.86. The van der Waals surface area contributed by atoms with Crippen LogP contribution in [0.4, 0.5) is 5.69 Å². The number of hydrogen-bond acceptors (Lipinski definition) is 5. The standard InChI is InChI=1S/C17H12Br2N4O3S/c1-8(24)22-11-4-3-9(18)7-10(11)14-15(25)20-17(27-2)21-23(14)16(22)12-5-6-13(19)26-12/h3-7,16H,1-2H3/p+1. The molecule has 7 nitrogen and oxygen atoms in total. The lowest BCUT2D eigenvalue weighted by molar-refractivity contribution is -0.764. The van der Waals surface area contributed by atoms with Gasteiger partial charge in [0.05, 0.1) is 11.3 Å². The number of hydrogen-bond donors (Lipinski definition) is 1. The fourth-order valence-electron chi connectivity index (χ4n) is 3.15. The van der Waals surface area contributed by atoms with Crippen molar-refractivity contribution >= 4 is 55.2 Å². The number of aromatic amines is 1. The predicted octanol–water partition coefficient (Wildman–Crippen LogP) is 3.48. The van der Waals surface area contributed by atoms with Crippen molar-refractivity contribution in [2.24, 2.45) is 0 Å². The van der Waals surface area contributed by atoms with Crippen LogP contribution in [0, 0.1) is 0 Å². The van der Waals surface area contributed by atoms with E-state index in [1.54, 1.807) is 33.8 Å². The van der Waals surface area contributed by atoms with E-state index in [2.05, 4.69) is 41.9 Å². The Hall–Kier alpha value is -1.91. The maximum atomic E-state index is 12.9. The zero-order valence-electron chi connectivity index (χ0n) is 14.2. The highest BCUT2D eigenvalue weighted by molar-refractivity contribution is 9.10. The van der Waals surface area contributed by atoms with Crippen LogP contribution in [0.5, 0.6) is 0 Å². The summed E-state index contributed by atoms with van der Waals surface area (Å²) in [4.78, 5) is 29.9. The topological polar surface area (TPSA) is 83.1 Å². The number of halogens is 2. The van der Waals surface area contributed by atoms with Crippen molar-refractivity contribution in [2.75, 3.05) is 11.2 Å². The largest absolute Gasteiger partial charge is 0.445 e. The summed E-state index contributed by atoms with van der Waals surface area (Å²) < 4.78 is 8.62. The van der Waals surface area contributed by atoms with Gasteiger partial charge < -0.3 is 4.42 Å². The van der Waals surface area contributed by atoms with Crippen molar-refractivity contribution in [2.45, 2.75) is 18.2 Å². The van der Waals surface area contributed by atoms with E-state index >= 15 is 0 Å².